The van der Waals surface area contributed by atoms with E-state index in [2.05, 4.69) is 26.0 Å². The van der Waals surface area contributed by atoms with E-state index in [4.69, 9.17) is 24.3 Å². The molecule has 0 aliphatic heterocycles. The molecule has 0 spiro atoms. The van der Waals surface area contributed by atoms with Gasteiger partial charge < -0.3 is 20.1 Å². The summed E-state index contributed by atoms with van der Waals surface area (Å²) in [7, 11) is -4.38. The first kappa shape index (κ1) is 60.8. The molecule has 0 aromatic carbocycles. The van der Waals surface area contributed by atoms with Crippen molar-refractivity contribution >= 4 is 19.8 Å². The van der Waals surface area contributed by atoms with E-state index in [-0.39, 0.29) is 38.6 Å². The molecule has 2 atom stereocenters. The number of carbonyl (C=O) groups excluding carboxylic acids is 2. The van der Waals surface area contributed by atoms with E-state index in [1.165, 1.54) is 205 Å². The highest BCUT2D eigenvalue weighted by molar-refractivity contribution is 7.47. The largest absolute Gasteiger partial charge is 0.472 e. The lowest BCUT2D eigenvalue weighted by Gasteiger charge is -2.19. The van der Waals surface area contributed by atoms with Crippen molar-refractivity contribution < 1.29 is 37.6 Å². The predicted octanol–water partition coefficient (Wildman–Crippen LogP) is 16.1. The highest BCUT2D eigenvalue weighted by atomic mass is 31.2. The smallest absolute Gasteiger partial charge is 0.462 e. The Morgan fingerprint density at radius 3 is 1.15 bits per heavy atom. The molecule has 2 unspecified atom stereocenters. The molecule has 0 heterocycles. The zero-order valence-electron chi connectivity index (χ0n) is 40.9. The molecule has 368 valence electrons. The first-order valence-electron chi connectivity index (χ1n) is 26.7. The van der Waals surface area contributed by atoms with Gasteiger partial charge in [0.05, 0.1) is 13.2 Å². The first-order valence-corrected chi connectivity index (χ1v) is 28.2. The Labute approximate surface area is 383 Å². The van der Waals surface area contributed by atoms with Gasteiger partial charge in [0.1, 0.15) is 6.61 Å². The number of phosphoric ester groups is 1. The Bertz CT molecular complexity index is 1030. The number of hydrogen-bond acceptors (Lipinski definition) is 8. The van der Waals surface area contributed by atoms with E-state index < -0.39 is 26.5 Å². The van der Waals surface area contributed by atoms with Gasteiger partial charge in [0.25, 0.3) is 0 Å². The first-order chi connectivity index (χ1) is 30.3. The normalized spacial score (nSPS) is 13.2. The van der Waals surface area contributed by atoms with Crippen LogP contribution in [-0.2, 0) is 32.7 Å². The summed E-state index contributed by atoms with van der Waals surface area (Å²) in [6.07, 6.45) is 53.9. The second-order valence-corrected chi connectivity index (χ2v) is 19.6. The van der Waals surface area contributed by atoms with Gasteiger partial charge in [0, 0.05) is 19.4 Å². The van der Waals surface area contributed by atoms with E-state index >= 15 is 0 Å². The molecule has 0 aromatic heterocycles. The van der Waals surface area contributed by atoms with Crippen LogP contribution in [0.4, 0.5) is 0 Å². The van der Waals surface area contributed by atoms with Crippen LogP contribution in [0.15, 0.2) is 12.2 Å². The standard InChI is InChI=1S/C52H102NO8P/c1-3-5-7-9-11-13-15-17-19-21-23-25-27-29-31-33-35-37-39-41-43-45-52(55)61-50(49-60-62(56,57)59-47-46-53)48-58-51(54)44-42-40-38-36-34-32-30-28-26-24-22-20-18-16-14-12-10-8-6-4-2/h21,23,50H,3-20,22,24-49,53H2,1-2H3,(H,56,57)/b23-21-. The molecule has 62 heavy (non-hydrogen) atoms. The van der Waals surface area contributed by atoms with Crippen molar-refractivity contribution in [3.8, 4) is 0 Å². The Hall–Kier alpha value is -1.25. The van der Waals surface area contributed by atoms with E-state index in [1.54, 1.807) is 0 Å². The van der Waals surface area contributed by atoms with Crippen LogP contribution in [-0.4, -0.2) is 49.3 Å². The Balaban J connectivity index is 3.99. The summed E-state index contributed by atoms with van der Waals surface area (Å²) in [6, 6.07) is 0. The number of unbranched alkanes of at least 4 members (excludes halogenated alkanes) is 36. The summed E-state index contributed by atoms with van der Waals surface area (Å²) in [4.78, 5) is 35.1. The van der Waals surface area contributed by atoms with Gasteiger partial charge >= 0.3 is 19.8 Å². The third-order valence-electron chi connectivity index (χ3n) is 11.9. The van der Waals surface area contributed by atoms with Gasteiger partial charge in [-0.1, -0.05) is 238 Å². The minimum Gasteiger partial charge on any atom is -0.462 e. The number of allylic oxidation sites excluding steroid dienone is 2. The van der Waals surface area contributed by atoms with Gasteiger partial charge in [-0.15, -0.1) is 0 Å². The van der Waals surface area contributed by atoms with Crippen LogP contribution < -0.4 is 5.73 Å². The molecule has 0 aromatic rings. The summed E-state index contributed by atoms with van der Waals surface area (Å²) in [5, 5.41) is 0. The minimum atomic E-state index is -4.38. The highest BCUT2D eigenvalue weighted by Crippen LogP contribution is 2.43. The van der Waals surface area contributed by atoms with Crippen molar-refractivity contribution in [2.45, 2.75) is 283 Å². The second-order valence-electron chi connectivity index (χ2n) is 18.1. The molecule has 0 radical (unpaired) electrons. The van der Waals surface area contributed by atoms with Gasteiger partial charge in [-0.25, -0.2) is 4.57 Å². The fourth-order valence-corrected chi connectivity index (χ4v) is 8.69. The van der Waals surface area contributed by atoms with E-state index in [1.807, 2.05) is 0 Å². The minimum absolute atomic E-state index is 0.0563. The van der Waals surface area contributed by atoms with Crippen LogP contribution in [0.5, 0.6) is 0 Å². The van der Waals surface area contributed by atoms with E-state index in [0.29, 0.717) is 6.42 Å². The number of carbonyl (C=O) groups is 2. The van der Waals surface area contributed by atoms with E-state index in [9.17, 15) is 19.0 Å². The monoisotopic (exact) mass is 900 g/mol. The lowest BCUT2D eigenvalue weighted by molar-refractivity contribution is -0.161. The lowest BCUT2D eigenvalue weighted by atomic mass is 10.0. The number of rotatable bonds is 51. The third kappa shape index (κ3) is 48.2. The van der Waals surface area contributed by atoms with Crippen LogP contribution in [0.3, 0.4) is 0 Å². The molecule has 0 rings (SSSR count). The van der Waals surface area contributed by atoms with Crippen LogP contribution in [0.2, 0.25) is 0 Å². The zero-order valence-corrected chi connectivity index (χ0v) is 41.8. The highest BCUT2D eigenvalue weighted by Gasteiger charge is 2.26. The van der Waals surface area contributed by atoms with Crippen molar-refractivity contribution in [2.75, 3.05) is 26.4 Å². The maximum Gasteiger partial charge on any atom is 0.472 e. The second kappa shape index (κ2) is 49.2. The molecule has 0 fully saturated rings. The fourth-order valence-electron chi connectivity index (χ4n) is 7.93. The molecular weight excluding hydrogens is 798 g/mol. The summed E-state index contributed by atoms with van der Waals surface area (Å²) in [5.74, 6) is -0.813. The van der Waals surface area contributed by atoms with Crippen LogP contribution in [0.1, 0.15) is 277 Å². The molecule has 0 bridgehead atoms. The molecule has 9 nitrogen and oxygen atoms in total. The van der Waals surface area contributed by atoms with Crippen molar-refractivity contribution in [1.29, 1.82) is 0 Å². The van der Waals surface area contributed by atoms with Crippen LogP contribution in [0, 0.1) is 0 Å². The molecule has 0 amide bonds. The van der Waals surface area contributed by atoms with Gasteiger partial charge in [-0.05, 0) is 38.5 Å². The maximum atomic E-state index is 12.7. The van der Waals surface area contributed by atoms with Crippen molar-refractivity contribution in [2.24, 2.45) is 5.73 Å². The van der Waals surface area contributed by atoms with Crippen LogP contribution >= 0.6 is 7.82 Å². The summed E-state index contributed by atoms with van der Waals surface area (Å²) in [5.41, 5.74) is 5.37. The molecule has 0 aliphatic carbocycles. The van der Waals surface area contributed by atoms with Crippen molar-refractivity contribution in [1.82, 2.24) is 0 Å². The topological polar surface area (TPSA) is 134 Å². The maximum absolute atomic E-state index is 12.7. The van der Waals surface area contributed by atoms with E-state index in [0.717, 1.165) is 38.5 Å². The zero-order chi connectivity index (χ0) is 45.3. The summed E-state index contributed by atoms with van der Waals surface area (Å²) < 4.78 is 33.0. The van der Waals surface area contributed by atoms with Gasteiger partial charge in [0.2, 0.25) is 0 Å². The fraction of sp³-hybridized carbons (Fsp3) is 0.923. The molecule has 3 N–H and O–H groups in total. The van der Waals surface area contributed by atoms with Gasteiger partial charge in [-0.2, -0.15) is 0 Å². The molecule has 0 aliphatic rings. The molecule has 0 saturated carbocycles. The molecular formula is C52H102NO8P. The van der Waals surface area contributed by atoms with Crippen LogP contribution in [0.25, 0.3) is 0 Å². The Kier molecular flexibility index (Phi) is 48.2. The quantitative estimate of drug-likeness (QED) is 0.0265. The summed E-state index contributed by atoms with van der Waals surface area (Å²) in [6.45, 7) is 3.79. The average molecular weight is 900 g/mol. The molecule has 0 saturated heterocycles. The molecule has 10 heteroatoms. The summed E-state index contributed by atoms with van der Waals surface area (Å²) >= 11 is 0. The third-order valence-corrected chi connectivity index (χ3v) is 12.9. The number of nitrogens with two attached hydrogens (primary N) is 1. The average Bonchev–Trinajstić information content (AvgIpc) is 3.26. The number of hydrogen-bond donors (Lipinski definition) is 2. The van der Waals surface area contributed by atoms with Gasteiger partial charge in [0.15, 0.2) is 6.10 Å². The van der Waals surface area contributed by atoms with Crippen molar-refractivity contribution in [3.05, 3.63) is 12.2 Å². The predicted molar refractivity (Wildman–Crippen MR) is 261 cm³/mol. The number of ether oxygens (including phenoxy) is 2. The number of esters is 2. The Morgan fingerprint density at radius 1 is 0.468 bits per heavy atom. The Morgan fingerprint density at radius 2 is 0.790 bits per heavy atom. The SMILES string of the molecule is CCCCCCCCCC/C=C\CCCCCCCCCCCC(=O)OC(COC(=O)CCCCCCCCCCCCCCCCCCCCCC)COP(=O)(O)OCCN. The van der Waals surface area contributed by atoms with Crippen molar-refractivity contribution in [3.63, 3.8) is 0 Å². The van der Waals surface area contributed by atoms with Gasteiger partial charge in [-0.3, -0.25) is 18.6 Å². The lowest BCUT2D eigenvalue weighted by Crippen LogP contribution is -2.29. The number of phosphoric acid groups is 1.